The molecule has 26 heavy (non-hydrogen) atoms. The molecule has 134 valence electrons. The summed E-state index contributed by atoms with van der Waals surface area (Å²) in [6, 6.07) is 9.94. The molecular formula is C18H16F3N5. The minimum atomic E-state index is -4.62. The van der Waals surface area contributed by atoms with Crippen molar-refractivity contribution in [3.8, 4) is 6.07 Å². The smallest absolute Gasteiger partial charge is 0.355 e. The number of halogens is 3. The summed E-state index contributed by atoms with van der Waals surface area (Å²) in [5.41, 5.74) is -0.0545. The third-order valence-electron chi connectivity index (χ3n) is 4.80. The minimum Gasteiger partial charge on any atom is -0.355 e. The molecule has 4 rings (SSSR count). The van der Waals surface area contributed by atoms with Gasteiger partial charge in [-0.25, -0.2) is 4.98 Å². The molecule has 0 aliphatic carbocycles. The number of pyridine rings is 1. The first-order valence-electron chi connectivity index (χ1n) is 8.25. The van der Waals surface area contributed by atoms with Gasteiger partial charge in [0.2, 0.25) is 0 Å². The van der Waals surface area contributed by atoms with Gasteiger partial charge in [0.25, 0.3) is 0 Å². The molecule has 0 unspecified atom stereocenters. The molecule has 3 aromatic rings. The number of fused-ring (bicyclic) bond motifs is 3. The van der Waals surface area contributed by atoms with Crippen molar-refractivity contribution >= 4 is 22.5 Å². The number of piperazine rings is 1. The fraction of sp³-hybridized carbons (Fsp3) is 0.333. The summed E-state index contributed by atoms with van der Waals surface area (Å²) < 4.78 is 42.5. The van der Waals surface area contributed by atoms with Gasteiger partial charge in [0.05, 0.1) is 16.6 Å². The van der Waals surface area contributed by atoms with Crippen molar-refractivity contribution in [2.24, 2.45) is 0 Å². The zero-order valence-electron chi connectivity index (χ0n) is 14.1. The number of nitriles is 1. The number of hydrogen-bond donors (Lipinski definition) is 0. The number of aromatic nitrogens is 2. The standard InChI is InChI=1S/C18H16F3N5/c1-24-6-8-25(9-7-24)16-10-13(18(19,20)21)12(11-22)17-23-14-4-2-3-5-15(14)26(16)17/h2-5,10H,6-9H2,1H3. The molecule has 1 saturated heterocycles. The van der Waals surface area contributed by atoms with Crippen LogP contribution in [0.15, 0.2) is 30.3 Å². The van der Waals surface area contributed by atoms with Crippen LogP contribution in [0.5, 0.6) is 0 Å². The number of nitrogens with zero attached hydrogens (tertiary/aromatic N) is 5. The minimum absolute atomic E-state index is 0.0532. The largest absolute Gasteiger partial charge is 0.417 e. The van der Waals surface area contributed by atoms with Crippen LogP contribution in [-0.4, -0.2) is 47.5 Å². The number of rotatable bonds is 1. The first-order valence-corrected chi connectivity index (χ1v) is 8.25. The van der Waals surface area contributed by atoms with Crippen molar-refractivity contribution in [2.45, 2.75) is 6.18 Å². The number of anilines is 1. The van der Waals surface area contributed by atoms with Crippen LogP contribution in [0.4, 0.5) is 19.0 Å². The Bertz CT molecular complexity index is 1020. The first-order chi connectivity index (χ1) is 12.4. The molecule has 1 aliphatic heterocycles. The molecule has 0 N–H and O–H groups in total. The lowest BCUT2D eigenvalue weighted by Crippen LogP contribution is -2.45. The predicted molar refractivity (Wildman–Crippen MR) is 92.1 cm³/mol. The average molecular weight is 359 g/mol. The molecule has 8 heteroatoms. The molecule has 0 saturated carbocycles. The van der Waals surface area contributed by atoms with E-state index in [1.807, 2.05) is 24.1 Å². The van der Waals surface area contributed by atoms with Gasteiger partial charge in [-0.05, 0) is 25.2 Å². The van der Waals surface area contributed by atoms with E-state index in [1.54, 1.807) is 22.6 Å². The van der Waals surface area contributed by atoms with Gasteiger partial charge in [0.1, 0.15) is 17.5 Å². The molecule has 1 aliphatic rings. The van der Waals surface area contributed by atoms with Gasteiger partial charge >= 0.3 is 6.18 Å². The summed E-state index contributed by atoms with van der Waals surface area (Å²) in [4.78, 5) is 8.40. The van der Waals surface area contributed by atoms with Gasteiger partial charge in [0.15, 0.2) is 5.65 Å². The molecule has 0 bridgehead atoms. The van der Waals surface area contributed by atoms with E-state index in [4.69, 9.17) is 0 Å². The van der Waals surface area contributed by atoms with E-state index in [9.17, 15) is 18.4 Å². The fourth-order valence-corrected chi connectivity index (χ4v) is 3.41. The highest BCUT2D eigenvalue weighted by Crippen LogP contribution is 2.38. The molecule has 5 nitrogen and oxygen atoms in total. The van der Waals surface area contributed by atoms with Crippen LogP contribution in [0.1, 0.15) is 11.1 Å². The van der Waals surface area contributed by atoms with E-state index in [-0.39, 0.29) is 5.65 Å². The summed E-state index contributed by atoms with van der Waals surface area (Å²) in [5.74, 6) is 0.424. The second-order valence-electron chi connectivity index (χ2n) is 6.45. The van der Waals surface area contributed by atoms with Crippen molar-refractivity contribution in [3.63, 3.8) is 0 Å². The lowest BCUT2D eigenvalue weighted by Gasteiger charge is -2.34. The van der Waals surface area contributed by atoms with Crippen molar-refractivity contribution in [1.82, 2.24) is 14.3 Å². The number of likely N-dealkylation sites (N-methyl/N-ethyl adjacent to an activating group) is 1. The van der Waals surface area contributed by atoms with Gasteiger partial charge in [-0.15, -0.1) is 0 Å². The maximum absolute atomic E-state index is 13.6. The Hall–Kier alpha value is -2.79. The Morgan fingerprint density at radius 1 is 1.12 bits per heavy atom. The van der Waals surface area contributed by atoms with E-state index in [0.717, 1.165) is 19.2 Å². The molecule has 0 spiro atoms. The Morgan fingerprint density at radius 2 is 1.81 bits per heavy atom. The maximum atomic E-state index is 13.6. The van der Waals surface area contributed by atoms with Crippen molar-refractivity contribution in [3.05, 3.63) is 41.5 Å². The molecule has 1 aromatic carbocycles. The molecule has 2 aromatic heterocycles. The van der Waals surface area contributed by atoms with Gasteiger partial charge in [-0.2, -0.15) is 18.4 Å². The molecular weight excluding hydrogens is 343 g/mol. The van der Waals surface area contributed by atoms with Crippen LogP contribution in [0.3, 0.4) is 0 Å². The third kappa shape index (κ3) is 2.56. The van der Waals surface area contributed by atoms with E-state index >= 15 is 0 Å². The number of alkyl halides is 3. The lowest BCUT2D eigenvalue weighted by molar-refractivity contribution is -0.137. The fourth-order valence-electron chi connectivity index (χ4n) is 3.41. The van der Waals surface area contributed by atoms with Crippen LogP contribution in [-0.2, 0) is 6.18 Å². The van der Waals surface area contributed by atoms with Crippen LogP contribution in [0.25, 0.3) is 16.7 Å². The third-order valence-corrected chi connectivity index (χ3v) is 4.80. The highest BCUT2D eigenvalue weighted by atomic mass is 19.4. The maximum Gasteiger partial charge on any atom is 0.417 e. The number of benzene rings is 1. The summed E-state index contributed by atoms with van der Waals surface area (Å²) in [7, 11) is 1.99. The normalized spacial score (nSPS) is 16.3. The van der Waals surface area contributed by atoms with E-state index in [2.05, 4.69) is 9.88 Å². The Morgan fingerprint density at radius 3 is 2.46 bits per heavy atom. The van der Waals surface area contributed by atoms with Crippen molar-refractivity contribution in [1.29, 1.82) is 5.26 Å². The van der Waals surface area contributed by atoms with Crippen molar-refractivity contribution in [2.75, 3.05) is 38.1 Å². The summed E-state index contributed by atoms with van der Waals surface area (Å²) in [5, 5.41) is 9.42. The predicted octanol–water partition coefficient (Wildman–Crippen LogP) is 3.13. The lowest BCUT2D eigenvalue weighted by atomic mass is 10.1. The number of hydrogen-bond acceptors (Lipinski definition) is 4. The summed E-state index contributed by atoms with van der Waals surface area (Å²) in [6.45, 7) is 2.74. The van der Waals surface area contributed by atoms with E-state index in [0.29, 0.717) is 29.9 Å². The van der Waals surface area contributed by atoms with Gasteiger partial charge in [-0.1, -0.05) is 12.1 Å². The van der Waals surface area contributed by atoms with Crippen LogP contribution in [0.2, 0.25) is 0 Å². The summed E-state index contributed by atoms with van der Waals surface area (Å²) >= 11 is 0. The molecule has 1 fully saturated rings. The SMILES string of the molecule is CN1CCN(c2cc(C(F)(F)F)c(C#N)c3nc4ccccc4n23)CC1. The number of para-hydroxylation sites is 2. The van der Waals surface area contributed by atoms with Crippen molar-refractivity contribution < 1.29 is 13.2 Å². The zero-order chi connectivity index (χ0) is 18.5. The Kier molecular flexibility index (Phi) is 3.77. The van der Waals surface area contributed by atoms with Gasteiger partial charge < -0.3 is 9.80 Å². The topological polar surface area (TPSA) is 47.6 Å². The van der Waals surface area contributed by atoms with E-state index < -0.39 is 17.3 Å². The second kappa shape index (κ2) is 5.88. The molecule has 0 amide bonds. The van der Waals surface area contributed by atoms with Crippen LogP contribution < -0.4 is 4.90 Å². The number of imidazole rings is 1. The Labute approximate surface area is 147 Å². The highest BCUT2D eigenvalue weighted by Gasteiger charge is 2.37. The molecule has 0 atom stereocenters. The first kappa shape index (κ1) is 16.7. The molecule has 3 heterocycles. The summed E-state index contributed by atoms with van der Waals surface area (Å²) in [6.07, 6.45) is -4.62. The van der Waals surface area contributed by atoms with Gasteiger partial charge in [0, 0.05) is 26.2 Å². The highest BCUT2D eigenvalue weighted by molar-refractivity contribution is 5.85. The Balaban J connectivity index is 2.07. The van der Waals surface area contributed by atoms with Crippen LogP contribution >= 0.6 is 0 Å². The molecule has 0 radical (unpaired) electrons. The second-order valence-corrected chi connectivity index (χ2v) is 6.45. The van der Waals surface area contributed by atoms with Crippen LogP contribution in [0, 0.1) is 11.3 Å². The quantitative estimate of drug-likeness (QED) is 0.670. The average Bonchev–Trinajstić information content (AvgIpc) is 3.00. The monoisotopic (exact) mass is 359 g/mol. The zero-order valence-corrected chi connectivity index (χ0v) is 14.1. The van der Waals surface area contributed by atoms with Gasteiger partial charge in [-0.3, -0.25) is 4.40 Å². The van der Waals surface area contributed by atoms with E-state index in [1.165, 1.54) is 0 Å².